The van der Waals surface area contributed by atoms with Crippen molar-refractivity contribution in [1.82, 2.24) is 10.3 Å². The van der Waals surface area contributed by atoms with Gasteiger partial charge in [0.1, 0.15) is 5.82 Å². The van der Waals surface area contributed by atoms with Crippen molar-refractivity contribution in [3.8, 4) is 0 Å². The van der Waals surface area contributed by atoms with Crippen LogP contribution in [-0.2, 0) is 21.2 Å². The van der Waals surface area contributed by atoms with Gasteiger partial charge in [0, 0.05) is 28.6 Å². The molecule has 9 heteroatoms. The minimum Gasteiger partial charge on any atom is -0.366 e. The summed E-state index contributed by atoms with van der Waals surface area (Å²) in [5.74, 6) is 0.0604. The molecule has 1 saturated heterocycles. The van der Waals surface area contributed by atoms with Gasteiger partial charge in [-0.25, -0.2) is 17.7 Å². The highest BCUT2D eigenvalue weighted by Gasteiger charge is 2.41. The molecule has 3 aromatic rings. The van der Waals surface area contributed by atoms with E-state index in [4.69, 9.17) is 16.6 Å². The Kier molecular flexibility index (Phi) is 4.65. The van der Waals surface area contributed by atoms with Gasteiger partial charge in [-0.15, -0.1) is 0 Å². The molecule has 0 unspecified atom stereocenters. The summed E-state index contributed by atoms with van der Waals surface area (Å²) in [6.07, 6.45) is 0.900. The number of pyridine rings is 1. The van der Waals surface area contributed by atoms with Gasteiger partial charge in [0.25, 0.3) is 10.0 Å². The standard InChI is InChI=1S/C21H19ClN4O3S/c22-13-4-3-5-15(10-13)30(28,29)26-19(27)11-17-20(26)16-6-1-2-7-18(16)25-21(17)24-14-8-9-23-12-14/h1-7,10,14,23H,8-9,11-12H2,(H,24,25)/t14-/m0/s1. The van der Waals surface area contributed by atoms with E-state index in [1.54, 1.807) is 18.2 Å². The maximum absolute atomic E-state index is 13.5. The molecule has 1 aromatic heterocycles. The predicted octanol–water partition coefficient (Wildman–Crippen LogP) is 2.94. The largest absolute Gasteiger partial charge is 0.366 e. The quantitative estimate of drug-likeness (QED) is 0.645. The molecule has 5 rings (SSSR count). The van der Waals surface area contributed by atoms with E-state index >= 15 is 0 Å². The fourth-order valence-electron chi connectivity index (χ4n) is 4.06. The Balaban J connectivity index is 1.71. The molecule has 2 aromatic carbocycles. The molecule has 0 bridgehead atoms. The number of anilines is 2. The van der Waals surface area contributed by atoms with Crippen LogP contribution in [0.4, 0.5) is 11.5 Å². The van der Waals surface area contributed by atoms with Gasteiger partial charge in [-0.05, 0) is 37.2 Å². The topological polar surface area (TPSA) is 91.4 Å². The van der Waals surface area contributed by atoms with Crippen molar-refractivity contribution < 1.29 is 13.2 Å². The fourth-order valence-corrected chi connectivity index (χ4v) is 5.83. The van der Waals surface area contributed by atoms with E-state index in [-0.39, 0.29) is 17.4 Å². The van der Waals surface area contributed by atoms with Crippen LogP contribution in [0.3, 0.4) is 0 Å². The summed E-state index contributed by atoms with van der Waals surface area (Å²) in [6, 6.07) is 13.4. The molecular weight excluding hydrogens is 424 g/mol. The van der Waals surface area contributed by atoms with Gasteiger partial charge >= 0.3 is 0 Å². The number of amides is 1. The summed E-state index contributed by atoms with van der Waals surface area (Å²) < 4.78 is 27.8. The highest BCUT2D eigenvalue weighted by Crippen LogP contribution is 2.42. The maximum atomic E-state index is 13.5. The fraction of sp³-hybridized carbons (Fsp3) is 0.238. The highest BCUT2D eigenvalue weighted by atomic mass is 35.5. The molecule has 1 atom stereocenters. The summed E-state index contributed by atoms with van der Waals surface area (Å²) in [4.78, 5) is 17.7. The first kappa shape index (κ1) is 19.3. The Hall–Kier alpha value is -2.68. The number of hydrogen-bond acceptors (Lipinski definition) is 6. The number of sulfonamides is 1. The highest BCUT2D eigenvalue weighted by molar-refractivity contribution is 7.93. The molecule has 7 nitrogen and oxygen atoms in total. The third-order valence-corrected chi connectivity index (χ3v) is 7.41. The number of para-hydroxylation sites is 1. The van der Waals surface area contributed by atoms with E-state index in [1.807, 2.05) is 18.2 Å². The van der Waals surface area contributed by atoms with Crippen molar-refractivity contribution in [3.05, 3.63) is 59.1 Å². The SMILES string of the molecule is O=C1Cc2c(N[C@H]3CCNC3)nc3ccccc3c2N1S(=O)(=O)c1cccc(Cl)c1. The molecule has 0 aliphatic carbocycles. The number of hydrogen-bond donors (Lipinski definition) is 2. The van der Waals surface area contributed by atoms with Crippen LogP contribution >= 0.6 is 11.6 Å². The van der Waals surface area contributed by atoms with Crippen LogP contribution < -0.4 is 14.9 Å². The van der Waals surface area contributed by atoms with Gasteiger partial charge in [0.15, 0.2) is 0 Å². The monoisotopic (exact) mass is 442 g/mol. The van der Waals surface area contributed by atoms with Crippen molar-refractivity contribution in [2.45, 2.75) is 23.8 Å². The third kappa shape index (κ3) is 3.12. The van der Waals surface area contributed by atoms with Crippen molar-refractivity contribution in [1.29, 1.82) is 0 Å². The number of fused-ring (bicyclic) bond motifs is 3. The lowest BCUT2D eigenvalue weighted by Gasteiger charge is -2.21. The smallest absolute Gasteiger partial charge is 0.270 e. The summed E-state index contributed by atoms with van der Waals surface area (Å²) in [6.45, 7) is 1.70. The van der Waals surface area contributed by atoms with Crippen LogP contribution in [-0.4, -0.2) is 38.4 Å². The van der Waals surface area contributed by atoms with E-state index in [0.29, 0.717) is 33.0 Å². The van der Waals surface area contributed by atoms with Crippen LogP contribution in [0.1, 0.15) is 12.0 Å². The molecule has 0 radical (unpaired) electrons. The van der Waals surface area contributed by atoms with Crippen molar-refractivity contribution in [2.75, 3.05) is 22.7 Å². The molecule has 3 heterocycles. The zero-order chi connectivity index (χ0) is 20.9. The summed E-state index contributed by atoms with van der Waals surface area (Å²) in [5.41, 5.74) is 1.61. The van der Waals surface area contributed by atoms with Gasteiger partial charge in [0.05, 0.1) is 22.5 Å². The normalized spacial score (nSPS) is 18.8. The molecule has 2 N–H and O–H groups in total. The molecule has 0 spiro atoms. The van der Waals surface area contributed by atoms with Crippen LogP contribution in [0, 0.1) is 0 Å². The molecule has 1 fully saturated rings. The van der Waals surface area contributed by atoms with Crippen molar-refractivity contribution in [3.63, 3.8) is 0 Å². The molecule has 154 valence electrons. The number of aromatic nitrogens is 1. The first-order valence-corrected chi connectivity index (χ1v) is 11.5. The average Bonchev–Trinajstić information content (AvgIpc) is 3.35. The first-order valence-electron chi connectivity index (χ1n) is 9.68. The number of carbonyl (C=O) groups is 1. The Morgan fingerprint density at radius 1 is 1.17 bits per heavy atom. The van der Waals surface area contributed by atoms with Gasteiger partial charge in [-0.1, -0.05) is 35.9 Å². The van der Waals surface area contributed by atoms with E-state index in [0.717, 1.165) is 23.8 Å². The second-order valence-corrected chi connectivity index (χ2v) is 9.66. The van der Waals surface area contributed by atoms with E-state index in [9.17, 15) is 13.2 Å². The van der Waals surface area contributed by atoms with E-state index in [2.05, 4.69) is 10.6 Å². The third-order valence-electron chi connectivity index (χ3n) is 5.46. The molecule has 30 heavy (non-hydrogen) atoms. The summed E-state index contributed by atoms with van der Waals surface area (Å²) in [7, 11) is -4.13. The van der Waals surface area contributed by atoms with Crippen LogP contribution in [0.5, 0.6) is 0 Å². The lowest BCUT2D eigenvalue weighted by Crippen LogP contribution is -2.34. The Bertz CT molecular complexity index is 1270. The lowest BCUT2D eigenvalue weighted by molar-refractivity contribution is -0.116. The van der Waals surface area contributed by atoms with E-state index in [1.165, 1.54) is 12.1 Å². The zero-order valence-electron chi connectivity index (χ0n) is 15.9. The van der Waals surface area contributed by atoms with Crippen LogP contribution in [0.25, 0.3) is 10.9 Å². The van der Waals surface area contributed by atoms with Gasteiger partial charge in [0.2, 0.25) is 5.91 Å². The van der Waals surface area contributed by atoms with Gasteiger partial charge in [-0.2, -0.15) is 0 Å². The zero-order valence-corrected chi connectivity index (χ0v) is 17.5. The minimum absolute atomic E-state index is 0.0217. The number of halogens is 1. The second-order valence-electron chi connectivity index (χ2n) is 7.44. The van der Waals surface area contributed by atoms with Crippen molar-refractivity contribution >= 4 is 49.9 Å². The lowest BCUT2D eigenvalue weighted by atomic mass is 10.1. The van der Waals surface area contributed by atoms with Gasteiger partial charge < -0.3 is 10.6 Å². The Morgan fingerprint density at radius 2 is 2.00 bits per heavy atom. The molecule has 0 saturated carbocycles. The summed E-state index contributed by atoms with van der Waals surface area (Å²) in [5, 5.41) is 7.61. The predicted molar refractivity (Wildman–Crippen MR) is 116 cm³/mol. The van der Waals surface area contributed by atoms with Crippen LogP contribution in [0.15, 0.2) is 53.4 Å². The number of nitrogens with one attached hydrogen (secondary N) is 2. The number of nitrogens with zero attached hydrogens (tertiary/aromatic N) is 2. The Morgan fingerprint density at radius 3 is 2.77 bits per heavy atom. The molecular formula is C21H19ClN4O3S. The number of rotatable bonds is 4. The number of benzene rings is 2. The molecule has 2 aliphatic rings. The van der Waals surface area contributed by atoms with Crippen LogP contribution in [0.2, 0.25) is 5.02 Å². The average molecular weight is 443 g/mol. The maximum Gasteiger partial charge on any atom is 0.270 e. The summed E-state index contributed by atoms with van der Waals surface area (Å²) >= 11 is 6.02. The second kappa shape index (κ2) is 7.23. The van der Waals surface area contributed by atoms with E-state index < -0.39 is 15.9 Å². The van der Waals surface area contributed by atoms with Gasteiger partial charge in [-0.3, -0.25) is 4.79 Å². The molecule has 1 amide bonds. The number of carbonyl (C=O) groups excluding carboxylic acids is 1. The Labute approximate surface area is 179 Å². The van der Waals surface area contributed by atoms with Crippen molar-refractivity contribution in [2.24, 2.45) is 0 Å². The first-order chi connectivity index (χ1) is 14.4. The molecule has 2 aliphatic heterocycles. The minimum atomic E-state index is -4.13.